The van der Waals surface area contributed by atoms with Gasteiger partial charge in [0.05, 0.1) is 13.5 Å². The van der Waals surface area contributed by atoms with E-state index in [1.54, 1.807) is 24.3 Å². The Morgan fingerprint density at radius 3 is 2.35 bits per heavy atom. The van der Waals surface area contributed by atoms with Crippen molar-refractivity contribution in [3.8, 4) is 0 Å². The Kier molecular flexibility index (Phi) is 8.76. The number of hydrogen-bond donors (Lipinski definition) is 1. The van der Waals surface area contributed by atoms with Crippen molar-refractivity contribution in [3.05, 3.63) is 41.5 Å². The lowest BCUT2D eigenvalue weighted by Gasteiger charge is -2.41. The Bertz CT molecular complexity index is 810. The molecule has 2 amide bonds. The molecule has 2 rings (SSSR count). The molecule has 2 atom stereocenters. The number of amides is 2. The molecule has 0 aromatic heterocycles. The number of carbonyl (C=O) groups excluding carboxylic acids is 2. The van der Waals surface area contributed by atoms with Crippen LogP contribution in [0.25, 0.3) is 6.08 Å². The maximum Gasteiger partial charge on any atom is 0.340 e. The van der Waals surface area contributed by atoms with Crippen molar-refractivity contribution < 1.29 is 29.1 Å². The highest BCUT2D eigenvalue weighted by Crippen LogP contribution is 2.37. The highest BCUT2D eigenvalue weighted by Gasteiger charge is 2.59. The molecule has 0 bridgehead atoms. The second-order valence-electron chi connectivity index (χ2n) is 7.62. The fourth-order valence-electron chi connectivity index (χ4n) is 3.88. The van der Waals surface area contributed by atoms with Crippen molar-refractivity contribution in [2.75, 3.05) is 20.8 Å². The quantitative estimate of drug-likeness (QED) is 0.402. The minimum atomic E-state index is -1.68. The molecular weight excluding hydrogens is 400 g/mol. The van der Waals surface area contributed by atoms with Crippen LogP contribution in [0.2, 0.25) is 0 Å². The number of ether oxygens (including phenoxy) is 1. The normalized spacial score (nSPS) is 20.5. The molecule has 1 saturated heterocycles. The predicted molar refractivity (Wildman–Crippen MR) is 115 cm³/mol. The molecule has 2 unspecified atom stereocenters. The summed E-state index contributed by atoms with van der Waals surface area (Å²) in [6.45, 7) is 4.40. The van der Waals surface area contributed by atoms with Crippen LogP contribution >= 0.6 is 0 Å². The number of hydroxylamine groups is 2. The van der Waals surface area contributed by atoms with Crippen LogP contribution in [0.5, 0.6) is 0 Å². The van der Waals surface area contributed by atoms with E-state index in [-0.39, 0.29) is 24.5 Å². The van der Waals surface area contributed by atoms with E-state index in [1.165, 1.54) is 25.2 Å². The Labute approximate surface area is 183 Å². The van der Waals surface area contributed by atoms with E-state index in [2.05, 4.69) is 6.92 Å². The topological polar surface area (TPSA) is 96.4 Å². The molecule has 0 saturated carbocycles. The van der Waals surface area contributed by atoms with Crippen molar-refractivity contribution in [3.63, 3.8) is 0 Å². The number of aliphatic carboxylic acids is 1. The molecule has 1 heterocycles. The first-order valence-corrected chi connectivity index (χ1v) is 10.6. The Hall–Kier alpha value is -2.71. The molecule has 1 aromatic rings. The van der Waals surface area contributed by atoms with E-state index in [4.69, 9.17) is 9.57 Å². The Morgan fingerprint density at radius 2 is 1.84 bits per heavy atom. The molecule has 170 valence electrons. The minimum absolute atomic E-state index is 0.00999. The van der Waals surface area contributed by atoms with Gasteiger partial charge in [-0.15, -0.1) is 0 Å². The van der Waals surface area contributed by atoms with Crippen LogP contribution in [-0.4, -0.2) is 59.5 Å². The van der Waals surface area contributed by atoms with Crippen LogP contribution in [0.3, 0.4) is 0 Å². The van der Waals surface area contributed by atoms with E-state index in [1.807, 2.05) is 13.0 Å². The zero-order valence-corrected chi connectivity index (χ0v) is 18.7. The first-order chi connectivity index (χ1) is 14.8. The highest BCUT2D eigenvalue weighted by molar-refractivity contribution is 6.36. The maximum atomic E-state index is 12.9. The average Bonchev–Trinajstić information content (AvgIpc) is 2.97. The van der Waals surface area contributed by atoms with Gasteiger partial charge in [-0.3, -0.25) is 19.3 Å². The van der Waals surface area contributed by atoms with E-state index in [0.29, 0.717) is 5.56 Å². The molecular formula is C23H32N2O6. The number of hydrogen-bond acceptors (Lipinski definition) is 5. The number of rotatable bonds is 12. The SMILES string of the molecule is CCCCC(CC)CN1C(=O)C(=O)N(OC)C1(CC(=Cc1ccccc1)C(=O)O)OC. The van der Waals surface area contributed by atoms with Crippen LogP contribution in [0, 0.1) is 5.92 Å². The summed E-state index contributed by atoms with van der Waals surface area (Å²) in [4.78, 5) is 44.2. The van der Waals surface area contributed by atoms with Gasteiger partial charge in [0.2, 0.25) is 0 Å². The summed E-state index contributed by atoms with van der Waals surface area (Å²) in [7, 11) is 2.61. The lowest BCUT2D eigenvalue weighted by atomic mass is 9.97. The van der Waals surface area contributed by atoms with E-state index >= 15 is 0 Å². The van der Waals surface area contributed by atoms with Crippen LogP contribution < -0.4 is 0 Å². The molecule has 1 fully saturated rings. The standard InChI is InChI=1S/C23H32N2O6/c1-5-7-11-17(6-2)16-24-20(26)21(27)25(31-4)23(24,30-3)15-19(22(28)29)14-18-12-9-8-10-13-18/h8-10,12-14,17H,5-7,11,15-16H2,1-4H3,(H,28,29). The van der Waals surface area contributed by atoms with Gasteiger partial charge in [-0.05, 0) is 24.0 Å². The van der Waals surface area contributed by atoms with Gasteiger partial charge < -0.3 is 9.84 Å². The van der Waals surface area contributed by atoms with Crippen LogP contribution in [0.4, 0.5) is 0 Å². The smallest absolute Gasteiger partial charge is 0.340 e. The van der Waals surface area contributed by atoms with E-state index < -0.39 is 23.6 Å². The van der Waals surface area contributed by atoms with Crippen molar-refractivity contribution in [2.24, 2.45) is 5.92 Å². The summed E-state index contributed by atoms with van der Waals surface area (Å²) in [5.41, 5.74) is 0.677. The van der Waals surface area contributed by atoms with Gasteiger partial charge in [0, 0.05) is 19.2 Å². The number of carboxylic acids is 1. The summed E-state index contributed by atoms with van der Waals surface area (Å²) < 4.78 is 5.70. The van der Waals surface area contributed by atoms with Gasteiger partial charge >= 0.3 is 17.8 Å². The van der Waals surface area contributed by atoms with Gasteiger partial charge in [-0.25, -0.2) is 4.79 Å². The largest absolute Gasteiger partial charge is 0.478 e. The lowest BCUT2D eigenvalue weighted by molar-refractivity contribution is -0.299. The molecule has 0 radical (unpaired) electrons. The Balaban J connectivity index is 2.48. The van der Waals surface area contributed by atoms with Crippen molar-refractivity contribution in [2.45, 2.75) is 51.8 Å². The first kappa shape index (κ1) is 24.6. The Morgan fingerprint density at radius 1 is 1.16 bits per heavy atom. The number of benzene rings is 1. The fourth-order valence-corrected chi connectivity index (χ4v) is 3.88. The summed E-state index contributed by atoms with van der Waals surface area (Å²) in [6, 6.07) is 8.98. The van der Waals surface area contributed by atoms with Crippen molar-refractivity contribution >= 4 is 23.9 Å². The molecule has 8 heteroatoms. The molecule has 1 aromatic carbocycles. The number of nitrogens with zero attached hydrogens (tertiary/aromatic N) is 2. The molecule has 8 nitrogen and oxygen atoms in total. The zero-order chi connectivity index (χ0) is 23.0. The average molecular weight is 433 g/mol. The van der Waals surface area contributed by atoms with E-state index in [0.717, 1.165) is 30.7 Å². The van der Waals surface area contributed by atoms with Gasteiger partial charge in [-0.1, -0.05) is 63.4 Å². The molecule has 1 aliphatic rings. The molecule has 0 spiro atoms. The maximum absolute atomic E-state index is 12.9. The molecule has 1 aliphatic heterocycles. The summed E-state index contributed by atoms with van der Waals surface area (Å²) in [5.74, 6) is -4.33. The monoisotopic (exact) mass is 432 g/mol. The van der Waals surface area contributed by atoms with Crippen molar-refractivity contribution in [1.82, 2.24) is 9.96 Å². The summed E-state index contributed by atoms with van der Waals surface area (Å²) >= 11 is 0. The van der Waals surface area contributed by atoms with Gasteiger partial charge in [0.1, 0.15) is 0 Å². The third kappa shape index (κ3) is 5.32. The predicted octanol–water partition coefficient (Wildman–Crippen LogP) is 3.29. The number of carboxylic acid groups (broad SMARTS) is 1. The van der Waals surface area contributed by atoms with Crippen molar-refractivity contribution in [1.29, 1.82) is 0 Å². The second-order valence-corrected chi connectivity index (χ2v) is 7.62. The third-order valence-corrected chi connectivity index (χ3v) is 5.68. The van der Waals surface area contributed by atoms with Gasteiger partial charge in [-0.2, -0.15) is 5.06 Å². The number of methoxy groups -OCH3 is 1. The summed E-state index contributed by atoms with van der Waals surface area (Å²) in [6.07, 6.45) is 4.99. The zero-order valence-electron chi connectivity index (χ0n) is 18.7. The molecule has 31 heavy (non-hydrogen) atoms. The van der Waals surface area contributed by atoms with Gasteiger partial charge in [0.25, 0.3) is 5.85 Å². The first-order valence-electron chi connectivity index (χ1n) is 10.6. The highest BCUT2D eigenvalue weighted by atomic mass is 16.7. The minimum Gasteiger partial charge on any atom is -0.478 e. The third-order valence-electron chi connectivity index (χ3n) is 5.68. The van der Waals surface area contributed by atoms with Crippen LogP contribution in [-0.2, 0) is 24.0 Å². The fraction of sp³-hybridized carbons (Fsp3) is 0.522. The summed E-state index contributed by atoms with van der Waals surface area (Å²) in [5, 5.41) is 10.7. The van der Waals surface area contributed by atoms with E-state index in [9.17, 15) is 19.5 Å². The molecule has 1 N–H and O–H groups in total. The molecule has 0 aliphatic carbocycles. The lowest BCUT2D eigenvalue weighted by Crippen LogP contribution is -2.57. The number of unbranched alkanes of at least 4 members (excludes halogenated alkanes) is 1. The second kappa shape index (κ2) is 11.1. The van der Waals surface area contributed by atoms with Crippen LogP contribution in [0.15, 0.2) is 35.9 Å². The van der Waals surface area contributed by atoms with Gasteiger partial charge in [0.15, 0.2) is 0 Å². The number of carbonyl (C=O) groups is 3. The van der Waals surface area contributed by atoms with Crippen LogP contribution in [0.1, 0.15) is 51.5 Å².